The van der Waals surface area contributed by atoms with E-state index in [4.69, 9.17) is 0 Å². The first-order valence-electron chi connectivity index (χ1n) is 6.40. The summed E-state index contributed by atoms with van der Waals surface area (Å²) in [7, 11) is 1.91. The van der Waals surface area contributed by atoms with E-state index in [1.807, 2.05) is 11.9 Å². The molecule has 0 aliphatic rings. The van der Waals surface area contributed by atoms with E-state index in [9.17, 15) is 14.9 Å². The summed E-state index contributed by atoms with van der Waals surface area (Å²) in [5.74, 6) is -0.289. The van der Waals surface area contributed by atoms with Crippen LogP contribution >= 0.6 is 0 Å². The Bertz CT molecular complexity index is 486. The van der Waals surface area contributed by atoms with Crippen LogP contribution in [0.1, 0.15) is 44.0 Å². The van der Waals surface area contributed by atoms with Crippen molar-refractivity contribution < 1.29 is 9.72 Å². The summed E-state index contributed by atoms with van der Waals surface area (Å²) in [6.45, 7) is 5.52. The van der Waals surface area contributed by atoms with E-state index in [1.54, 1.807) is 6.07 Å². The van der Waals surface area contributed by atoms with Crippen LogP contribution in [0.2, 0.25) is 0 Å². The molecule has 0 fully saturated rings. The molecule has 0 heterocycles. The van der Waals surface area contributed by atoms with Crippen molar-refractivity contribution in [3.05, 3.63) is 33.9 Å². The topological polar surface area (TPSA) is 63.5 Å². The van der Waals surface area contributed by atoms with Crippen LogP contribution in [0.5, 0.6) is 0 Å². The molecular weight excluding hydrogens is 244 g/mol. The highest BCUT2D eigenvalue weighted by atomic mass is 16.6. The number of benzene rings is 1. The van der Waals surface area contributed by atoms with Crippen molar-refractivity contribution in [3.8, 4) is 0 Å². The Labute approximate surface area is 113 Å². The van der Waals surface area contributed by atoms with Crippen molar-refractivity contribution in [1.82, 2.24) is 0 Å². The summed E-state index contributed by atoms with van der Waals surface area (Å²) in [6, 6.07) is 5.07. The van der Waals surface area contributed by atoms with E-state index in [2.05, 4.69) is 13.8 Å². The molecule has 1 aromatic rings. The second kappa shape index (κ2) is 6.31. The highest BCUT2D eigenvalue weighted by Crippen LogP contribution is 2.27. The van der Waals surface area contributed by atoms with Gasteiger partial charge in [-0.1, -0.05) is 13.3 Å². The van der Waals surface area contributed by atoms with Gasteiger partial charge in [0.25, 0.3) is 5.69 Å². The SMILES string of the molecule is CCCC(C)N(C)c1ccc(C(C)=O)c([N+](=O)[O-])c1. The van der Waals surface area contributed by atoms with Crippen molar-refractivity contribution in [2.45, 2.75) is 39.7 Å². The van der Waals surface area contributed by atoms with Gasteiger partial charge in [0, 0.05) is 24.8 Å². The van der Waals surface area contributed by atoms with Crippen molar-refractivity contribution in [1.29, 1.82) is 0 Å². The van der Waals surface area contributed by atoms with Gasteiger partial charge in [0.05, 0.1) is 10.5 Å². The third kappa shape index (κ3) is 3.53. The van der Waals surface area contributed by atoms with E-state index >= 15 is 0 Å². The summed E-state index contributed by atoms with van der Waals surface area (Å²) >= 11 is 0. The summed E-state index contributed by atoms with van der Waals surface area (Å²) in [4.78, 5) is 23.9. The molecule has 0 saturated carbocycles. The Morgan fingerprint density at radius 3 is 2.58 bits per heavy atom. The molecule has 0 saturated heterocycles. The van der Waals surface area contributed by atoms with E-state index in [0.717, 1.165) is 18.5 Å². The maximum Gasteiger partial charge on any atom is 0.282 e. The molecule has 0 aliphatic carbocycles. The van der Waals surface area contributed by atoms with Crippen LogP contribution in [0.3, 0.4) is 0 Å². The Morgan fingerprint density at radius 2 is 2.11 bits per heavy atom. The van der Waals surface area contributed by atoms with Crippen molar-refractivity contribution in [3.63, 3.8) is 0 Å². The van der Waals surface area contributed by atoms with E-state index in [0.29, 0.717) is 6.04 Å². The maximum absolute atomic E-state index is 11.4. The number of Topliss-reactive ketones (excluding diaryl/α,β-unsaturated/α-hetero) is 1. The average molecular weight is 264 g/mol. The normalized spacial score (nSPS) is 12.0. The molecule has 5 heteroatoms. The number of hydrogen-bond acceptors (Lipinski definition) is 4. The first kappa shape index (κ1) is 15.1. The molecule has 0 N–H and O–H groups in total. The molecule has 1 atom stereocenters. The largest absolute Gasteiger partial charge is 0.372 e. The number of nitro benzene ring substituents is 1. The van der Waals surface area contributed by atoms with Crippen LogP contribution in [0.15, 0.2) is 18.2 Å². The summed E-state index contributed by atoms with van der Waals surface area (Å²) in [6.07, 6.45) is 2.07. The fourth-order valence-electron chi connectivity index (χ4n) is 2.05. The minimum Gasteiger partial charge on any atom is -0.372 e. The summed E-state index contributed by atoms with van der Waals surface area (Å²) in [5.41, 5.74) is 0.795. The number of anilines is 1. The van der Waals surface area contributed by atoms with Gasteiger partial charge in [0.1, 0.15) is 0 Å². The lowest BCUT2D eigenvalue weighted by molar-refractivity contribution is -0.385. The maximum atomic E-state index is 11.4. The monoisotopic (exact) mass is 264 g/mol. The Hall–Kier alpha value is -1.91. The van der Waals surface area contributed by atoms with E-state index in [1.165, 1.54) is 19.1 Å². The van der Waals surface area contributed by atoms with Crippen molar-refractivity contribution in [2.24, 2.45) is 0 Å². The van der Waals surface area contributed by atoms with Crippen LogP contribution in [0.4, 0.5) is 11.4 Å². The van der Waals surface area contributed by atoms with Gasteiger partial charge in [0.15, 0.2) is 5.78 Å². The van der Waals surface area contributed by atoms with Crippen molar-refractivity contribution in [2.75, 3.05) is 11.9 Å². The molecule has 1 aromatic carbocycles. The smallest absolute Gasteiger partial charge is 0.282 e. The van der Waals surface area contributed by atoms with Gasteiger partial charge >= 0.3 is 0 Å². The highest BCUT2D eigenvalue weighted by Gasteiger charge is 2.20. The fraction of sp³-hybridized carbons (Fsp3) is 0.500. The predicted molar refractivity (Wildman–Crippen MR) is 75.9 cm³/mol. The van der Waals surface area contributed by atoms with Gasteiger partial charge in [-0.3, -0.25) is 14.9 Å². The molecule has 104 valence electrons. The van der Waals surface area contributed by atoms with Crippen LogP contribution in [0, 0.1) is 10.1 Å². The standard InChI is InChI=1S/C14H20N2O3/c1-5-6-10(2)15(4)12-7-8-13(11(3)17)14(9-12)16(18)19/h7-10H,5-6H2,1-4H3. The lowest BCUT2D eigenvalue weighted by atomic mass is 10.1. The van der Waals surface area contributed by atoms with Gasteiger partial charge in [-0.15, -0.1) is 0 Å². The Balaban J connectivity index is 3.15. The van der Waals surface area contributed by atoms with Gasteiger partial charge in [-0.25, -0.2) is 0 Å². The first-order chi connectivity index (χ1) is 8.88. The molecule has 0 radical (unpaired) electrons. The highest BCUT2D eigenvalue weighted by molar-refractivity contribution is 5.98. The zero-order valence-electron chi connectivity index (χ0n) is 11.8. The predicted octanol–water partition coefficient (Wildman–Crippen LogP) is 3.42. The molecule has 1 unspecified atom stereocenters. The number of carbonyl (C=O) groups is 1. The Kier molecular flexibility index (Phi) is 5.03. The Morgan fingerprint density at radius 1 is 1.47 bits per heavy atom. The number of hydrogen-bond donors (Lipinski definition) is 0. The van der Waals surface area contributed by atoms with Gasteiger partial charge in [0.2, 0.25) is 0 Å². The van der Waals surface area contributed by atoms with Gasteiger partial charge in [-0.05, 0) is 32.4 Å². The molecule has 19 heavy (non-hydrogen) atoms. The van der Waals surface area contributed by atoms with Gasteiger partial charge in [-0.2, -0.15) is 0 Å². The zero-order chi connectivity index (χ0) is 14.6. The van der Waals surface area contributed by atoms with Crippen LogP contribution in [0.25, 0.3) is 0 Å². The molecule has 0 aromatic heterocycles. The number of ketones is 1. The third-order valence-corrected chi connectivity index (χ3v) is 3.33. The summed E-state index contributed by atoms with van der Waals surface area (Å²) < 4.78 is 0. The molecule has 0 aliphatic heterocycles. The van der Waals surface area contributed by atoms with Gasteiger partial charge < -0.3 is 4.90 Å². The van der Waals surface area contributed by atoms with Crippen LogP contribution in [-0.2, 0) is 0 Å². The number of nitrogens with zero attached hydrogens (tertiary/aromatic N) is 2. The molecule has 0 spiro atoms. The lowest BCUT2D eigenvalue weighted by Gasteiger charge is -2.26. The third-order valence-electron chi connectivity index (χ3n) is 3.33. The average Bonchev–Trinajstić information content (AvgIpc) is 2.37. The number of carbonyl (C=O) groups excluding carboxylic acids is 1. The second-order valence-corrected chi connectivity index (χ2v) is 4.76. The van der Waals surface area contributed by atoms with Crippen LogP contribution in [-0.4, -0.2) is 23.8 Å². The second-order valence-electron chi connectivity index (χ2n) is 4.76. The quantitative estimate of drug-likeness (QED) is 0.448. The number of rotatable bonds is 6. The molecular formula is C14H20N2O3. The molecule has 0 bridgehead atoms. The minimum atomic E-state index is -0.501. The molecule has 1 rings (SSSR count). The van der Waals surface area contributed by atoms with Crippen LogP contribution < -0.4 is 4.90 Å². The minimum absolute atomic E-state index is 0.124. The van der Waals surface area contributed by atoms with Crippen molar-refractivity contribution >= 4 is 17.2 Å². The number of nitro groups is 1. The lowest BCUT2D eigenvalue weighted by Crippen LogP contribution is -2.28. The van der Waals surface area contributed by atoms with E-state index < -0.39 is 4.92 Å². The fourth-order valence-corrected chi connectivity index (χ4v) is 2.05. The first-order valence-corrected chi connectivity index (χ1v) is 6.40. The molecule has 0 amide bonds. The van der Waals surface area contributed by atoms with E-state index in [-0.39, 0.29) is 17.0 Å². The zero-order valence-corrected chi connectivity index (χ0v) is 11.8. The molecule has 5 nitrogen and oxygen atoms in total. The summed E-state index contributed by atoms with van der Waals surface area (Å²) in [5, 5.41) is 11.0.